The first-order valence-corrected chi connectivity index (χ1v) is 8.70. The molecule has 0 saturated heterocycles. The predicted molar refractivity (Wildman–Crippen MR) is 99.6 cm³/mol. The third-order valence-electron chi connectivity index (χ3n) is 4.73. The number of carbonyl (C=O) groups is 1. The van der Waals surface area contributed by atoms with Crippen molar-refractivity contribution in [2.24, 2.45) is 0 Å². The van der Waals surface area contributed by atoms with Crippen molar-refractivity contribution in [1.29, 1.82) is 0 Å². The van der Waals surface area contributed by atoms with Gasteiger partial charge in [-0.3, -0.25) is 9.89 Å². The van der Waals surface area contributed by atoms with E-state index < -0.39 is 5.60 Å². The normalized spacial score (nSPS) is 12.9. The highest BCUT2D eigenvalue weighted by Crippen LogP contribution is 2.25. The van der Waals surface area contributed by atoms with Crippen LogP contribution >= 0.6 is 0 Å². The van der Waals surface area contributed by atoms with Crippen molar-refractivity contribution < 1.29 is 9.90 Å². The molecular formula is C20H29N3O2. The molecule has 1 heterocycles. The fourth-order valence-corrected chi connectivity index (χ4v) is 3.01. The zero-order valence-corrected chi connectivity index (χ0v) is 16.1. The SMILES string of the molecule is Cc1n[nH]c(C)c1[C@H](C)N(C)C(=O)c1ccc(CCC(C)(C)O)cc1. The summed E-state index contributed by atoms with van der Waals surface area (Å²) in [7, 11) is 1.82. The molecule has 0 fully saturated rings. The van der Waals surface area contributed by atoms with E-state index in [4.69, 9.17) is 0 Å². The summed E-state index contributed by atoms with van der Waals surface area (Å²) in [6.45, 7) is 9.55. The molecule has 5 heteroatoms. The second kappa shape index (κ2) is 7.40. The van der Waals surface area contributed by atoms with Crippen molar-refractivity contribution in [3.63, 3.8) is 0 Å². The monoisotopic (exact) mass is 343 g/mol. The lowest BCUT2D eigenvalue weighted by atomic mass is 9.98. The maximum absolute atomic E-state index is 12.8. The number of H-pyrrole nitrogens is 1. The van der Waals surface area contributed by atoms with Gasteiger partial charge in [0.1, 0.15) is 0 Å². The van der Waals surface area contributed by atoms with Crippen molar-refractivity contribution in [2.45, 2.75) is 59.1 Å². The molecule has 1 aromatic heterocycles. The molecule has 0 spiro atoms. The molecule has 2 N–H and O–H groups in total. The number of amides is 1. The molecule has 0 aliphatic carbocycles. The number of aliphatic hydroxyl groups is 1. The Labute approximate surface area is 150 Å². The summed E-state index contributed by atoms with van der Waals surface area (Å²) in [4.78, 5) is 14.5. The molecule has 5 nitrogen and oxygen atoms in total. The Hall–Kier alpha value is -2.14. The van der Waals surface area contributed by atoms with Crippen molar-refractivity contribution in [2.75, 3.05) is 7.05 Å². The Morgan fingerprint density at radius 2 is 1.88 bits per heavy atom. The van der Waals surface area contributed by atoms with Gasteiger partial charge in [0.25, 0.3) is 5.91 Å². The van der Waals surface area contributed by atoms with E-state index in [2.05, 4.69) is 10.2 Å². The van der Waals surface area contributed by atoms with E-state index in [0.717, 1.165) is 28.9 Å². The average Bonchev–Trinajstić information content (AvgIpc) is 2.89. The molecule has 0 radical (unpaired) electrons. The summed E-state index contributed by atoms with van der Waals surface area (Å²) < 4.78 is 0. The Kier molecular flexibility index (Phi) is 5.68. The second-order valence-corrected chi connectivity index (χ2v) is 7.45. The lowest BCUT2D eigenvalue weighted by molar-refractivity contribution is 0.0711. The molecule has 0 bridgehead atoms. The van der Waals surface area contributed by atoms with Gasteiger partial charge in [0.15, 0.2) is 0 Å². The Bertz CT molecular complexity index is 707. The Morgan fingerprint density at radius 1 is 1.28 bits per heavy atom. The van der Waals surface area contributed by atoms with Crippen LogP contribution in [0.3, 0.4) is 0 Å². The van der Waals surface area contributed by atoms with Gasteiger partial charge < -0.3 is 10.0 Å². The first kappa shape index (κ1) is 19.2. The number of nitrogens with one attached hydrogen (secondary N) is 1. The summed E-state index contributed by atoms with van der Waals surface area (Å²) >= 11 is 0. The van der Waals surface area contributed by atoms with Crippen LogP contribution in [0.4, 0.5) is 0 Å². The molecule has 136 valence electrons. The lowest BCUT2D eigenvalue weighted by Crippen LogP contribution is -2.30. The van der Waals surface area contributed by atoms with Crippen LogP contribution in [0.5, 0.6) is 0 Å². The predicted octanol–water partition coefficient (Wildman–Crippen LogP) is 3.56. The molecule has 0 aliphatic heterocycles. The van der Waals surface area contributed by atoms with Gasteiger partial charge in [-0.15, -0.1) is 0 Å². The number of carbonyl (C=O) groups excluding carboxylic acids is 1. The second-order valence-electron chi connectivity index (χ2n) is 7.45. The third kappa shape index (κ3) is 4.69. The molecule has 1 aromatic carbocycles. The van der Waals surface area contributed by atoms with Crippen LogP contribution in [0.25, 0.3) is 0 Å². The van der Waals surface area contributed by atoms with E-state index >= 15 is 0 Å². The number of aromatic nitrogens is 2. The zero-order chi connectivity index (χ0) is 18.8. The third-order valence-corrected chi connectivity index (χ3v) is 4.73. The highest BCUT2D eigenvalue weighted by atomic mass is 16.3. The van der Waals surface area contributed by atoms with Crippen molar-refractivity contribution in [1.82, 2.24) is 15.1 Å². The van der Waals surface area contributed by atoms with Gasteiger partial charge in [0, 0.05) is 23.9 Å². The average molecular weight is 343 g/mol. The molecular weight excluding hydrogens is 314 g/mol. The van der Waals surface area contributed by atoms with E-state index in [0.29, 0.717) is 12.0 Å². The molecule has 0 unspecified atom stereocenters. The Morgan fingerprint density at radius 3 is 2.36 bits per heavy atom. The summed E-state index contributed by atoms with van der Waals surface area (Å²) in [5.41, 5.74) is 4.09. The molecule has 0 saturated carbocycles. The van der Waals surface area contributed by atoms with Crippen LogP contribution in [0, 0.1) is 13.8 Å². The topological polar surface area (TPSA) is 69.2 Å². The van der Waals surface area contributed by atoms with Gasteiger partial charge in [-0.1, -0.05) is 12.1 Å². The van der Waals surface area contributed by atoms with Crippen LogP contribution < -0.4 is 0 Å². The maximum atomic E-state index is 12.8. The van der Waals surface area contributed by atoms with Crippen LogP contribution in [-0.2, 0) is 6.42 Å². The summed E-state index contributed by atoms with van der Waals surface area (Å²) in [6.07, 6.45) is 1.48. The minimum Gasteiger partial charge on any atom is -0.390 e. The number of aromatic amines is 1. The van der Waals surface area contributed by atoms with E-state index in [1.807, 2.05) is 52.1 Å². The number of nitrogens with zero attached hydrogens (tertiary/aromatic N) is 2. The van der Waals surface area contributed by atoms with Crippen molar-refractivity contribution in [3.05, 3.63) is 52.3 Å². The zero-order valence-electron chi connectivity index (χ0n) is 16.1. The largest absolute Gasteiger partial charge is 0.390 e. The van der Waals surface area contributed by atoms with E-state index in [1.54, 1.807) is 18.7 Å². The van der Waals surface area contributed by atoms with Gasteiger partial charge in [0.2, 0.25) is 0 Å². The van der Waals surface area contributed by atoms with E-state index in [-0.39, 0.29) is 11.9 Å². The Balaban J connectivity index is 2.09. The highest BCUT2D eigenvalue weighted by molar-refractivity contribution is 5.94. The van der Waals surface area contributed by atoms with Crippen LogP contribution in [-0.4, -0.2) is 38.8 Å². The number of benzene rings is 1. The first-order valence-electron chi connectivity index (χ1n) is 8.70. The van der Waals surface area contributed by atoms with Gasteiger partial charge in [-0.2, -0.15) is 5.10 Å². The quantitative estimate of drug-likeness (QED) is 0.842. The number of rotatable bonds is 6. The van der Waals surface area contributed by atoms with E-state index in [1.165, 1.54) is 0 Å². The fraction of sp³-hybridized carbons (Fsp3) is 0.500. The van der Waals surface area contributed by atoms with Gasteiger partial charge >= 0.3 is 0 Å². The van der Waals surface area contributed by atoms with Crippen LogP contribution in [0.1, 0.15) is 66.1 Å². The van der Waals surface area contributed by atoms with Crippen LogP contribution in [0.15, 0.2) is 24.3 Å². The standard InChI is InChI=1S/C20H29N3O2/c1-13-18(14(2)22-21-13)15(3)23(6)19(24)17-9-7-16(8-10-17)11-12-20(4,5)25/h7-10,15,25H,11-12H2,1-6H3,(H,21,22)/t15-/m0/s1. The first-order chi connectivity index (χ1) is 11.6. The van der Waals surface area contributed by atoms with E-state index in [9.17, 15) is 9.90 Å². The molecule has 1 amide bonds. The van der Waals surface area contributed by atoms with Gasteiger partial charge in [-0.25, -0.2) is 0 Å². The fourth-order valence-electron chi connectivity index (χ4n) is 3.01. The minimum absolute atomic E-state index is 0.0125. The van der Waals surface area contributed by atoms with Crippen molar-refractivity contribution >= 4 is 5.91 Å². The summed E-state index contributed by atoms with van der Waals surface area (Å²) in [5.74, 6) is -0.0125. The van der Waals surface area contributed by atoms with Crippen LogP contribution in [0.2, 0.25) is 0 Å². The molecule has 1 atom stereocenters. The molecule has 2 aromatic rings. The number of aryl methyl sites for hydroxylation is 3. The highest BCUT2D eigenvalue weighted by Gasteiger charge is 2.23. The smallest absolute Gasteiger partial charge is 0.254 e. The minimum atomic E-state index is -0.676. The number of hydrogen-bond donors (Lipinski definition) is 2. The molecule has 0 aliphatic rings. The number of hydrogen-bond acceptors (Lipinski definition) is 3. The van der Waals surface area contributed by atoms with Gasteiger partial charge in [0.05, 0.1) is 17.3 Å². The summed E-state index contributed by atoms with van der Waals surface area (Å²) in [5, 5.41) is 17.0. The van der Waals surface area contributed by atoms with Crippen molar-refractivity contribution in [3.8, 4) is 0 Å². The van der Waals surface area contributed by atoms with Gasteiger partial charge in [-0.05, 0) is 65.2 Å². The summed E-state index contributed by atoms with van der Waals surface area (Å²) in [6, 6.07) is 7.60. The lowest BCUT2D eigenvalue weighted by Gasteiger charge is -2.25. The molecule has 25 heavy (non-hydrogen) atoms. The molecule has 2 rings (SSSR count). The maximum Gasteiger partial charge on any atom is 0.254 e.